The Labute approximate surface area is 261 Å². The predicted octanol–water partition coefficient (Wildman–Crippen LogP) is 10.5. The second kappa shape index (κ2) is 17.6. The second-order valence-electron chi connectivity index (χ2n) is 12.5. The van der Waals surface area contributed by atoms with Crippen LogP contribution in [0.15, 0.2) is 84.9 Å². The first-order valence-electron chi connectivity index (χ1n) is 16.9. The molecule has 0 saturated carbocycles. The summed E-state index contributed by atoms with van der Waals surface area (Å²) in [4.78, 5) is 0. The summed E-state index contributed by atoms with van der Waals surface area (Å²) in [5.41, 5.74) is 25.1. The van der Waals surface area contributed by atoms with E-state index in [1.807, 2.05) is 12.1 Å². The molecule has 0 saturated heterocycles. The zero-order chi connectivity index (χ0) is 30.3. The number of unbranched alkanes of at least 4 members (excludes halogenated alkanes) is 6. The van der Waals surface area contributed by atoms with Gasteiger partial charge in [0.15, 0.2) is 0 Å². The average molecular weight is 575 g/mol. The second-order valence-corrected chi connectivity index (χ2v) is 12.5. The monoisotopic (exact) mass is 574 g/mol. The third kappa shape index (κ3) is 10.9. The first-order chi connectivity index (χ1) is 21.0. The summed E-state index contributed by atoms with van der Waals surface area (Å²) in [5, 5.41) is 0. The zero-order valence-corrected chi connectivity index (χ0v) is 26.8. The lowest BCUT2D eigenvalue weighted by Gasteiger charge is -2.11. The van der Waals surface area contributed by atoms with Crippen molar-refractivity contribution in [3.8, 4) is 0 Å². The van der Waals surface area contributed by atoms with Crippen molar-refractivity contribution < 1.29 is 0 Å². The Bertz CT molecular complexity index is 1260. The van der Waals surface area contributed by atoms with E-state index in [1.165, 1.54) is 102 Å². The molecule has 0 spiro atoms. The molecule has 4 rings (SSSR count). The molecule has 0 unspecified atom stereocenters. The van der Waals surface area contributed by atoms with Gasteiger partial charge in [-0.15, -0.1) is 0 Å². The Balaban J connectivity index is 1.07. The fourth-order valence-electron chi connectivity index (χ4n) is 6.27. The topological polar surface area (TPSA) is 52.0 Å². The highest BCUT2D eigenvalue weighted by molar-refractivity contribution is 5.47. The Kier molecular flexibility index (Phi) is 13.2. The Hall–Kier alpha value is -3.52. The quantitative estimate of drug-likeness (QED) is 0.0917. The van der Waals surface area contributed by atoms with Crippen molar-refractivity contribution in [2.45, 2.75) is 110 Å². The van der Waals surface area contributed by atoms with Crippen molar-refractivity contribution in [2.75, 3.05) is 11.5 Å². The van der Waals surface area contributed by atoms with Gasteiger partial charge >= 0.3 is 0 Å². The fraction of sp³-hybridized carbons (Fsp3) is 0.415. The van der Waals surface area contributed by atoms with Crippen LogP contribution in [0.1, 0.15) is 116 Å². The van der Waals surface area contributed by atoms with E-state index in [4.69, 9.17) is 11.5 Å². The van der Waals surface area contributed by atoms with Crippen LogP contribution in [0.3, 0.4) is 0 Å². The number of nitrogens with two attached hydrogens (primary N) is 2. The lowest BCUT2D eigenvalue weighted by molar-refractivity contribution is 0.579. The maximum Gasteiger partial charge on any atom is 0.0316 e. The molecule has 4 aromatic carbocycles. The van der Waals surface area contributed by atoms with E-state index in [9.17, 15) is 0 Å². The Morgan fingerprint density at radius 1 is 0.372 bits per heavy atom. The Morgan fingerprint density at radius 3 is 1.09 bits per heavy atom. The molecule has 0 fully saturated rings. The van der Waals surface area contributed by atoms with E-state index in [0.717, 1.165) is 49.9 Å². The zero-order valence-electron chi connectivity index (χ0n) is 26.8. The van der Waals surface area contributed by atoms with Crippen LogP contribution in [-0.2, 0) is 38.5 Å². The van der Waals surface area contributed by atoms with Gasteiger partial charge in [-0.25, -0.2) is 0 Å². The van der Waals surface area contributed by atoms with Crippen molar-refractivity contribution in [1.82, 2.24) is 0 Å². The summed E-state index contributed by atoms with van der Waals surface area (Å²) < 4.78 is 0. The van der Waals surface area contributed by atoms with Gasteiger partial charge in [0.05, 0.1) is 0 Å². The maximum absolute atomic E-state index is 6.02. The van der Waals surface area contributed by atoms with Crippen molar-refractivity contribution in [1.29, 1.82) is 0 Å². The third-order valence-electron chi connectivity index (χ3n) is 8.77. The van der Waals surface area contributed by atoms with Gasteiger partial charge in [-0.05, 0) is 120 Å². The number of aryl methyl sites for hydroxylation is 4. The largest absolute Gasteiger partial charge is 0.399 e. The molecule has 4 aromatic rings. The van der Waals surface area contributed by atoms with E-state index >= 15 is 0 Å². The molecule has 0 amide bonds. The van der Waals surface area contributed by atoms with Crippen LogP contribution in [0.5, 0.6) is 0 Å². The number of nitrogen functional groups attached to an aromatic ring is 2. The number of hydrogen-bond donors (Lipinski definition) is 2. The van der Waals surface area contributed by atoms with Crippen molar-refractivity contribution >= 4 is 11.4 Å². The first kappa shape index (κ1) is 32.4. The molecule has 2 nitrogen and oxygen atoms in total. The Morgan fingerprint density at radius 2 is 0.721 bits per heavy atom. The highest BCUT2D eigenvalue weighted by atomic mass is 14.5. The number of rotatable bonds is 18. The number of anilines is 2. The summed E-state index contributed by atoms with van der Waals surface area (Å²) in [6, 6.07) is 31.4. The smallest absolute Gasteiger partial charge is 0.0316 e. The van der Waals surface area contributed by atoms with E-state index in [1.54, 1.807) is 0 Å². The average Bonchev–Trinajstić information content (AvgIpc) is 3.01. The fourth-order valence-corrected chi connectivity index (χ4v) is 6.27. The summed E-state index contributed by atoms with van der Waals surface area (Å²) in [7, 11) is 0. The third-order valence-corrected chi connectivity index (χ3v) is 8.77. The minimum Gasteiger partial charge on any atom is -0.399 e. The van der Waals surface area contributed by atoms with E-state index in [0.29, 0.717) is 0 Å². The molecule has 0 heterocycles. The normalized spacial score (nSPS) is 11.2. The van der Waals surface area contributed by atoms with Gasteiger partial charge in [0.2, 0.25) is 0 Å². The molecule has 2 heteroatoms. The molecular formula is C41H54N2. The van der Waals surface area contributed by atoms with Crippen LogP contribution in [-0.4, -0.2) is 0 Å². The molecule has 4 N–H and O–H groups in total. The molecular weight excluding hydrogens is 520 g/mol. The minimum absolute atomic E-state index is 0.871. The molecule has 0 aliphatic carbocycles. The van der Waals surface area contributed by atoms with Gasteiger partial charge < -0.3 is 11.5 Å². The number of hydrogen-bond acceptors (Lipinski definition) is 2. The van der Waals surface area contributed by atoms with Crippen molar-refractivity contribution in [3.63, 3.8) is 0 Å². The molecule has 0 radical (unpaired) electrons. The summed E-state index contributed by atoms with van der Waals surface area (Å²) in [6.07, 6.45) is 18.2. The molecule has 0 bridgehead atoms. The van der Waals surface area contributed by atoms with Crippen LogP contribution < -0.4 is 11.5 Å². The SMILES string of the molecule is CCCc1cc(N)ccc1Cc1ccc(CCCCCCCCCc2ccc(Cc3ccc(N)cc3CCC)cc2)cc1. The lowest BCUT2D eigenvalue weighted by atomic mass is 9.95. The molecule has 228 valence electrons. The van der Waals surface area contributed by atoms with Gasteiger partial charge in [-0.1, -0.05) is 119 Å². The maximum atomic E-state index is 6.02. The van der Waals surface area contributed by atoms with Crippen LogP contribution in [0, 0.1) is 0 Å². The van der Waals surface area contributed by atoms with E-state index < -0.39 is 0 Å². The minimum atomic E-state index is 0.871. The molecule has 0 atom stereocenters. The lowest BCUT2D eigenvalue weighted by Crippen LogP contribution is -1.98. The summed E-state index contributed by atoms with van der Waals surface area (Å²) >= 11 is 0. The van der Waals surface area contributed by atoms with Gasteiger partial charge in [0.1, 0.15) is 0 Å². The highest BCUT2D eigenvalue weighted by Crippen LogP contribution is 2.22. The molecule has 43 heavy (non-hydrogen) atoms. The van der Waals surface area contributed by atoms with Gasteiger partial charge in [-0.2, -0.15) is 0 Å². The summed E-state index contributed by atoms with van der Waals surface area (Å²) in [5.74, 6) is 0. The number of benzene rings is 4. The van der Waals surface area contributed by atoms with Crippen molar-refractivity contribution in [2.24, 2.45) is 0 Å². The van der Waals surface area contributed by atoms with Crippen LogP contribution in [0.2, 0.25) is 0 Å². The van der Waals surface area contributed by atoms with Crippen LogP contribution >= 0.6 is 0 Å². The first-order valence-corrected chi connectivity index (χ1v) is 16.9. The van der Waals surface area contributed by atoms with Gasteiger partial charge in [0, 0.05) is 11.4 Å². The molecule has 0 aromatic heterocycles. The van der Waals surface area contributed by atoms with Gasteiger partial charge in [0.25, 0.3) is 0 Å². The van der Waals surface area contributed by atoms with Crippen molar-refractivity contribution in [3.05, 3.63) is 129 Å². The van der Waals surface area contributed by atoms with E-state index in [2.05, 4.69) is 86.6 Å². The van der Waals surface area contributed by atoms with Gasteiger partial charge in [-0.3, -0.25) is 0 Å². The molecule has 0 aliphatic rings. The standard InChI is InChI=1S/C41H54N2/c1-3-12-36-30-40(42)26-24-38(36)28-34-20-16-32(17-21-34)14-10-8-6-5-7-9-11-15-33-18-22-35(23-19-33)29-39-25-27-41(43)31-37(39)13-4-2/h16-27,30-31H,3-15,28-29,42-43H2,1-2H3. The van der Waals surface area contributed by atoms with Crippen LogP contribution in [0.25, 0.3) is 0 Å². The van der Waals surface area contributed by atoms with Crippen LogP contribution in [0.4, 0.5) is 11.4 Å². The van der Waals surface area contributed by atoms with E-state index in [-0.39, 0.29) is 0 Å². The summed E-state index contributed by atoms with van der Waals surface area (Å²) in [6.45, 7) is 4.46. The predicted molar refractivity (Wildman–Crippen MR) is 188 cm³/mol. The molecule has 0 aliphatic heterocycles. The highest BCUT2D eigenvalue weighted by Gasteiger charge is 2.06.